The number of ether oxygens (including phenoxy) is 8. The number of non-ortho nitro benzene ring substituents is 1. The van der Waals surface area contributed by atoms with Crippen molar-refractivity contribution in [3.63, 3.8) is 0 Å². The molecule has 23 nitrogen and oxygen atoms in total. The van der Waals surface area contributed by atoms with Crippen LogP contribution in [-0.4, -0.2) is 157 Å². The number of hydrogen-bond donors (Lipinski definition) is 5. The van der Waals surface area contributed by atoms with E-state index < -0.39 is 27.3 Å². The smallest absolute Gasteiger partial charge is 0.419 e. The lowest BCUT2D eigenvalue weighted by molar-refractivity contribution is -0.393. The Morgan fingerprint density at radius 2 is 1.31 bits per heavy atom. The maximum atomic E-state index is 12.3. The summed E-state index contributed by atoms with van der Waals surface area (Å²) in [6.45, 7) is 9.39. The molecule has 0 saturated heterocycles. The van der Waals surface area contributed by atoms with Crippen LogP contribution in [0.1, 0.15) is 25.5 Å². The third-order valence-corrected chi connectivity index (χ3v) is 7.56. The number of unbranched alkanes of at least 4 members (excludes halogenated alkanes) is 1. The van der Waals surface area contributed by atoms with Crippen molar-refractivity contribution in [3.8, 4) is 0 Å². The van der Waals surface area contributed by atoms with Crippen molar-refractivity contribution in [2.75, 3.05) is 131 Å². The molecule has 23 heteroatoms. The van der Waals surface area contributed by atoms with Gasteiger partial charge in [-0.3, -0.25) is 20.2 Å². The van der Waals surface area contributed by atoms with Gasteiger partial charge in [0.05, 0.1) is 121 Å². The Hall–Kier alpha value is -5.17. The Balaban J connectivity index is 1.34. The summed E-state index contributed by atoms with van der Waals surface area (Å²) in [6.07, 6.45) is 6.27. The first-order chi connectivity index (χ1) is 28.7. The van der Waals surface area contributed by atoms with E-state index in [-0.39, 0.29) is 31.5 Å². The topological polar surface area (TPSA) is 286 Å². The van der Waals surface area contributed by atoms with Crippen LogP contribution in [0, 0.1) is 20.2 Å². The summed E-state index contributed by atoms with van der Waals surface area (Å²) < 4.78 is 44.5. The molecule has 0 radical (unpaired) electrons. The van der Waals surface area contributed by atoms with Crippen molar-refractivity contribution in [1.82, 2.24) is 25.5 Å². The highest BCUT2D eigenvalue weighted by Crippen LogP contribution is 2.28. The molecule has 2 rings (SSSR count). The van der Waals surface area contributed by atoms with Crippen LogP contribution in [0.3, 0.4) is 0 Å². The standard InChI is InChI=1S/C36H59N9O14/c1-2-3-7-39-35(46)40-9-10-52-11-12-53-13-14-54-15-16-55-17-18-56-19-20-57-21-22-58-23-24-59-36(47)43-28-31(42-29-43)6-8-38-26-30(37)27-41-33-5-4-32(44(48)49)25-34(33)45(50)51/h4-5,25-26,28-29,38,41H,2-3,6-24,27,37H2,1H3,(H2,39,40,46)/b30-26-. The second-order valence-electron chi connectivity index (χ2n) is 12.2. The summed E-state index contributed by atoms with van der Waals surface area (Å²) in [7, 11) is 0. The quantitative estimate of drug-likeness (QED) is 0.0372. The monoisotopic (exact) mass is 841 g/mol. The van der Waals surface area contributed by atoms with Gasteiger partial charge in [0.2, 0.25) is 0 Å². The van der Waals surface area contributed by atoms with Crippen molar-refractivity contribution in [2.24, 2.45) is 5.73 Å². The van der Waals surface area contributed by atoms with Gasteiger partial charge in [0.1, 0.15) is 18.6 Å². The molecule has 0 atom stereocenters. The zero-order valence-corrected chi connectivity index (χ0v) is 33.6. The fraction of sp³-hybridized carbons (Fsp3) is 0.639. The molecular formula is C36H59N9O14. The van der Waals surface area contributed by atoms with Gasteiger partial charge in [-0.15, -0.1) is 0 Å². The SMILES string of the molecule is CCCCNC(=O)NCCOCCOCCOCCOCCOCCOCCOCCOC(=O)n1cnc(CCN/C=C(\N)CNc2ccc([N+](=O)[O-])cc2[N+](=O)[O-])c1. The first-order valence-corrected chi connectivity index (χ1v) is 19.3. The predicted octanol–water partition coefficient (Wildman–Crippen LogP) is 1.94. The lowest BCUT2D eigenvalue weighted by atomic mass is 10.2. The molecule has 0 aliphatic rings. The average Bonchev–Trinajstić information content (AvgIpc) is 3.70. The third kappa shape index (κ3) is 25.0. The molecule has 0 fully saturated rings. The van der Waals surface area contributed by atoms with Gasteiger partial charge in [0, 0.05) is 50.2 Å². The average molecular weight is 842 g/mol. The van der Waals surface area contributed by atoms with Gasteiger partial charge in [-0.25, -0.2) is 19.1 Å². The Kier molecular flexibility index (Phi) is 27.7. The normalized spacial score (nSPS) is 11.3. The number of rotatable bonds is 36. The van der Waals surface area contributed by atoms with Crippen molar-refractivity contribution in [3.05, 3.63) is 68.5 Å². The lowest BCUT2D eigenvalue weighted by Crippen LogP contribution is -2.37. The second kappa shape index (κ2) is 32.7. The minimum atomic E-state index is -0.713. The van der Waals surface area contributed by atoms with E-state index in [0.29, 0.717) is 123 Å². The van der Waals surface area contributed by atoms with E-state index in [0.717, 1.165) is 25.0 Å². The van der Waals surface area contributed by atoms with Gasteiger partial charge >= 0.3 is 12.1 Å². The van der Waals surface area contributed by atoms with E-state index in [1.165, 1.54) is 23.2 Å². The Bertz CT molecular complexity index is 1520. The highest BCUT2D eigenvalue weighted by atomic mass is 16.6. The van der Waals surface area contributed by atoms with Gasteiger partial charge in [0.15, 0.2) is 0 Å². The molecule has 0 aliphatic heterocycles. The van der Waals surface area contributed by atoms with Crippen LogP contribution < -0.4 is 27.0 Å². The molecule has 0 aliphatic carbocycles. The van der Waals surface area contributed by atoms with Crippen LogP contribution in [0.2, 0.25) is 0 Å². The Morgan fingerprint density at radius 3 is 1.85 bits per heavy atom. The van der Waals surface area contributed by atoms with Crippen LogP contribution in [0.4, 0.5) is 26.7 Å². The molecule has 59 heavy (non-hydrogen) atoms. The predicted molar refractivity (Wildman–Crippen MR) is 213 cm³/mol. The van der Waals surface area contributed by atoms with Gasteiger partial charge < -0.3 is 64.9 Å². The van der Waals surface area contributed by atoms with Gasteiger partial charge in [-0.1, -0.05) is 13.3 Å². The number of nitro benzene ring substituents is 2. The molecule has 1 heterocycles. The minimum absolute atomic E-state index is 0.0497. The Labute approximate surface area is 342 Å². The number of urea groups is 1. The number of amides is 2. The van der Waals surface area contributed by atoms with Gasteiger partial charge in [-0.2, -0.15) is 0 Å². The molecule has 6 N–H and O–H groups in total. The van der Waals surface area contributed by atoms with Crippen LogP contribution in [0.15, 0.2) is 42.6 Å². The number of hydrogen-bond acceptors (Lipinski definition) is 18. The molecule has 1 aromatic carbocycles. The largest absolute Gasteiger partial charge is 0.446 e. The first kappa shape index (κ1) is 50.0. The summed E-state index contributed by atoms with van der Waals surface area (Å²) in [4.78, 5) is 48.7. The molecule has 332 valence electrons. The zero-order chi connectivity index (χ0) is 42.8. The number of aromatic nitrogens is 2. The number of imidazole rings is 1. The summed E-state index contributed by atoms with van der Waals surface area (Å²) in [5.41, 5.74) is 6.17. The van der Waals surface area contributed by atoms with Crippen LogP contribution in [0.25, 0.3) is 0 Å². The number of carbonyl (C=O) groups is 2. The van der Waals surface area contributed by atoms with Crippen molar-refractivity contribution >= 4 is 29.2 Å². The van der Waals surface area contributed by atoms with E-state index in [9.17, 15) is 29.8 Å². The van der Waals surface area contributed by atoms with E-state index >= 15 is 0 Å². The number of anilines is 1. The third-order valence-electron chi connectivity index (χ3n) is 7.56. The summed E-state index contributed by atoms with van der Waals surface area (Å²) in [5.74, 6) is 0. The Morgan fingerprint density at radius 1 is 0.763 bits per heavy atom. The van der Waals surface area contributed by atoms with Crippen LogP contribution in [0.5, 0.6) is 0 Å². The molecule has 0 spiro atoms. The highest BCUT2D eigenvalue weighted by Gasteiger charge is 2.19. The summed E-state index contributed by atoms with van der Waals surface area (Å²) >= 11 is 0. The molecule has 1 aromatic heterocycles. The number of carbonyl (C=O) groups excluding carboxylic acids is 2. The van der Waals surface area contributed by atoms with Crippen molar-refractivity contribution in [2.45, 2.75) is 26.2 Å². The van der Waals surface area contributed by atoms with Crippen LogP contribution in [-0.2, 0) is 44.3 Å². The van der Waals surface area contributed by atoms with Gasteiger partial charge in [-0.05, 0) is 12.5 Å². The van der Waals surface area contributed by atoms with Crippen molar-refractivity contribution in [1.29, 1.82) is 0 Å². The number of nitrogens with zero attached hydrogens (tertiary/aromatic N) is 4. The number of benzene rings is 1. The minimum Gasteiger partial charge on any atom is -0.446 e. The molecular weight excluding hydrogens is 782 g/mol. The molecule has 0 saturated carbocycles. The summed E-state index contributed by atoms with van der Waals surface area (Å²) in [5, 5.41) is 33.5. The van der Waals surface area contributed by atoms with E-state index in [4.69, 9.17) is 43.6 Å². The van der Waals surface area contributed by atoms with Crippen molar-refractivity contribution < 1.29 is 57.3 Å². The maximum Gasteiger partial charge on any atom is 0.419 e. The van der Waals surface area contributed by atoms with Gasteiger partial charge in [0.25, 0.3) is 11.4 Å². The maximum absolute atomic E-state index is 12.3. The number of nitro groups is 2. The lowest BCUT2D eigenvalue weighted by Gasteiger charge is -2.09. The molecule has 0 bridgehead atoms. The molecule has 2 aromatic rings. The fourth-order valence-electron chi connectivity index (χ4n) is 4.54. The first-order valence-electron chi connectivity index (χ1n) is 19.3. The van der Waals surface area contributed by atoms with E-state index in [2.05, 4.69) is 33.2 Å². The number of nitrogens with two attached hydrogens (primary N) is 1. The van der Waals surface area contributed by atoms with E-state index in [1.54, 1.807) is 6.20 Å². The molecule has 2 amide bonds. The highest BCUT2D eigenvalue weighted by molar-refractivity contribution is 5.73. The fourth-order valence-corrected chi connectivity index (χ4v) is 4.54. The number of nitrogens with one attached hydrogen (secondary N) is 4. The summed E-state index contributed by atoms with van der Waals surface area (Å²) in [6, 6.07) is 3.11. The molecule has 0 unspecified atom stereocenters. The van der Waals surface area contributed by atoms with E-state index in [1.807, 2.05) is 0 Å². The van der Waals surface area contributed by atoms with Crippen LogP contribution >= 0.6 is 0 Å². The second-order valence-corrected chi connectivity index (χ2v) is 12.2. The zero-order valence-electron chi connectivity index (χ0n) is 33.6.